The number of unbranched alkanes of at least 4 members (excludes halogenated alkanes) is 24. The Morgan fingerprint density at radius 3 is 1.37 bits per heavy atom. The Hall–Kier alpha value is -0.990. The second-order valence-corrected chi connectivity index (χ2v) is 16.0. The molecule has 0 fully saturated rings. The van der Waals surface area contributed by atoms with Crippen LogP contribution in [0.5, 0.6) is 0 Å². The van der Waals surface area contributed by atoms with Gasteiger partial charge in [0.1, 0.15) is 6.61 Å². The van der Waals surface area contributed by atoms with Gasteiger partial charge in [-0.25, -0.2) is 9.24 Å². The normalized spacial score (nSPS) is 13.4. The highest BCUT2D eigenvalue weighted by Gasteiger charge is 2.29. The van der Waals surface area contributed by atoms with Crippen molar-refractivity contribution in [3.05, 3.63) is 0 Å². The molecular formula is C39H79N2O7P. The zero-order chi connectivity index (χ0) is 36.3. The summed E-state index contributed by atoms with van der Waals surface area (Å²) in [6.45, 7) is 4.81. The summed E-state index contributed by atoms with van der Waals surface area (Å²) in [6.07, 6.45) is 31.6. The average Bonchev–Trinajstić information content (AvgIpc) is 3.08. The van der Waals surface area contributed by atoms with Crippen molar-refractivity contribution in [2.24, 2.45) is 0 Å². The Morgan fingerprint density at radius 2 is 0.980 bits per heavy atom. The lowest BCUT2D eigenvalue weighted by Crippen LogP contribution is -2.31. The molecular weight excluding hydrogens is 639 g/mol. The summed E-state index contributed by atoms with van der Waals surface area (Å²) in [4.78, 5) is 35.5. The summed E-state index contributed by atoms with van der Waals surface area (Å²) in [5, 5.41) is 2.93. The van der Waals surface area contributed by atoms with Crippen LogP contribution in [0, 0.1) is 0 Å². The molecule has 0 radical (unpaired) electrons. The SMILES string of the molecule is CCCCCCCCCCCCCCCC(=O)OC[C@H](COP(=O)(O)N(C)CCNC)OC(=O)CCCCCCCCCCCCCCC. The third-order valence-electron chi connectivity index (χ3n) is 9.24. The van der Waals surface area contributed by atoms with Crippen molar-refractivity contribution >= 4 is 19.7 Å². The fourth-order valence-corrected chi connectivity index (χ4v) is 6.78. The highest BCUT2D eigenvalue weighted by atomic mass is 31.2. The summed E-state index contributed by atoms with van der Waals surface area (Å²) in [5.41, 5.74) is 0. The van der Waals surface area contributed by atoms with Crippen LogP contribution < -0.4 is 5.32 Å². The maximum absolute atomic E-state index is 12.7. The topological polar surface area (TPSA) is 114 Å². The van der Waals surface area contributed by atoms with Gasteiger partial charge in [-0.3, -0.25) is 14.1 Å². The van der Waals surface area contributed by atoms with Crippen molar-refractivity contribution in [1.29, 1.82) is 0 Å². The molecule has 1 unspecified atom stereocenters. The van der Waals surface area contributed by atoms with E-state index >= 15 is 0 Å². The minimum atomic E-state index is -4.09. The van der Waals surface area contributed by atoms with Crippen LogP contribution in [-0.2, 0) is 28.2 Å². The molecule has 0 heterocycles. The first-order valence-electron chi connectivity index (χ1n) is 20.4. The molecule has 0 saturated heterocycles. The van der Waals surface area contributed by atoms with Gasteiger partial charge < -0.3 is 19.7 Å². The van der Waals surface area contributed by atoms with Crippen molar-refractivity contribution in [2.75, 3.05) is 40.4 Å². The second-order valence-electron chi connectivity index (χ2n) is 14.1. The van der Waals surface area contributed by atoms with Crippen molar-refractivity contribution in [2.45, 2.75) is 200 Å². The molecule has 0 amide bonds. The van der Waals surface area contributed by atoms with E-state index in [0.29, 0.717) is 19.5 Å². The van der Waals surface area contributed by atoms with Gasteiger partial charge in [0.2, 0.25) is 0 Å². The van der Waals surface area contributed by atoms with Crippen molar-refractivity contribution in [3.63, 3.8) is 0 Å². The molecule has 2 N–H and O–H groups in total. The third kappa shape index (κ3) is 32.6. The lowest BCUT2D eigenvalue weighted by Gasteiger charge is -2.24. The monoisotopic (exact) mass is 719 g/mol. The van der Waals surface area contributed by atoms with Crippen LogP contribution in [0.1, 0.15) is 194 Å². The van der Waals surface area contributed by atoms with Crippen molar-refractivity contribution in [1.82, 2.24) is 9.99 Å². The van der Waals surface area contributed by atoms with Crippen molar-refractivity contribution in [3.8, 4) is 0 Å². The van der Waals surface area contributed by atoms with Crippen LogP contribution in [-0.4, -0.2) is 68.0 Å². The lowest BCUT2D eigenvalue weighted by molar-refractivity contribution is -0.161. The van der Waals surface area contributed by atoms with E-state index in [1.807, 2.05) is 0 Å². The maximum atomic E-state index is 12.7. The Labute approximate surface area is 302 Å². The van der Waals surface area contributed by atoms with Gasteiger partial charge in [0.15, 0.2) is 6.10 Å². The molecule has 0 bridgehead atoms. The van der Waals surface area contributed by atoms with Gasteiger partial charge in [-0.1, -0.05) is 168 Å². The van der Waals surface area contributed by atoms with E-state index in [2.05, 4.69) is 19.2 Å². The summed E-state index contributed by atoms with van der Waals surface area (Å²) in [6, 6.07) is 0. The number of ether oxygens (including phenoxy) is 2. The van der Waals surface area contributed by atoms with Crippen LogP contribution >= 0.6 is 7.75 Å². The fraction of sp³-hybridized carbons (Fsp3) is 0.949. The van der Waals surface area contributed by atoms with E-state index in [9.17, 15) is 19.0 Å². The van der Waals surface area contributed by atoms with E-state index in [0.717, 1.165) is 38.5 Å². The number of nitrogens with one attached hydrogen (secondary N) is 1. The Morgan fingerprint density at radius 1 is 0.612 bits per heavy atom. The predicted molar refractivity (Wildman–Crippen MR) is 204 cm³/mol. The highest BCUT2D eigenvalue weighted by Crippen LogP contribution is 2.44. The first kappa shape index (κ1) is 48.0. The molecule has 0 rings (SSSR count). The summed E-state index contributed by atoms with van der Waals surface area (Å²) < 4.78 is 30.3. The van der Waals surface area contributed by atoms with Crippen LogP contribution in [0.4, 0.5) is 0 Å². The van der Waals surface area contributed by atoms with Crippen molar-refractivity contribution < 1.29 is 33.0 Å². The zero-order valence-electron chi connectivity index (χ0n) is 32.5. The quantitative estimate of drug-likeness (QED) is 0.0366. The molecule has 0 aromatic rings. The first-order valence-corrected chi connectivity index (χ1v) is 22.0. The molecule has 9 nitrogen and oxygen atoms in total. The zero-order valence-corrected chi connectivity index (χ0v) is 33.4. The number of rotatable bonds is 38. The molecule has 0 aliphatic rings. The largest absolute Gasteiger partial charge is 0.462 e. The second kappa shape index (κ2) is 35.4. The number of hydrogen-bond donors (Lipinski definition) is 2. The van der Waals surface area contributed by atoms with E-state index < -0.39 is 19.8 Å². The summed E-state index contributed by atoms with van der Waals surface area (Å²) in [7, 11) is -0.828. The van der Waals surface area contributed by atoms with Gasteiger partial charge in [0.25, 0.3) is 0 Å². The van der Waals surface area contributed by atoms with Gasteiger partial charge in [0, 0.05) is 25.9 Å². The van der Waals surface area contributed by atoms with Crippen LogP contribution in [0.2, 0.25) is 0 Å². The number of carbonyl (C=O) groups is 2. The molecule has 0 aliphatic heterocycles. The average molecular weight is 719 g/mol. The summed E-state index contributed by atoms with van der Waals surface area (Å²) in [5.74, 6) is -0.751. The first-order chi connectivity index (χ1) is 23.8. The molecule has 0 aliphatic carbocycles. The molecule has 0 saturated carbocycles. The lowest BCUT2D eigenvalue weighted by atomic mass is 10.0. The number of esters is 2. The molecule has 2 atom stereocenters. The Kier molecular flexibility index (Phi) is 34.7. The van der Waals surface area contributed by atoms with Gasteiger partial charge >= 0.3 is 19.7 Å². The molecule has 0 spiro atoms. The van der Waals surface area contributed by atoms with Gasteiger partial charge in [0.05, 0.1) is 6.61 Å². The van der Waals surface area contributed by atoms with Gasteiger partial charge in [-0.2, -0.15) is 0 Å². The minimum absolute atomic E-state index is 0.193. The summed E-state index contributed by atoms with van der Waals surface area (Å²) >= 11 is 0. The number of likely N-dealkylation sites (N-methyl/N-ethyl adjacent to an activating group) is 2. The number of nitrogens with zero attached hydrogens (tertiary/aromatic N) is 1. The van der Waals surface area contributed by atoms with Crippen LogP contribution in [0.25, 0.3) is 0 Å². The maximum Gasteiger partial charge on any atom is 0.405 e. The smallest absolute Gasteiger partial charge is 0.405 e. The number of carbonyl (C=O) groups excluding carboxylic acids is 2. The van der Waals surface area contributed by atoms with E-state index in [1.165, 1.54) is 140 Å². The fourth-order valence-electron chi connectivity index (χ4n) is 5.87. The Balaban J connectivity index is 4.34. The Bertz CT molecular complexity index is 801. The number of hydrogen-bond acceptors (Lipinski definition) is 7. The molecule has 292 valence electrons. The third-order valence-corrected chi connectivity index (χ3v) is 10.8. The van der Waals surface area contributed by atoms with E-state index in [1.54, 1.807) is 7.05 Å². The molecule has 0 aromatic heterocycles. The highest BCUT2D eigenvalue weighted by molar-refractivity contribution is 7.50. The van der Waals surface area contributed by atoms with Crippen LogP contribution in [0.15, 0.2) is 0 Å². The van der Waals surface area contributed by atoms with Crippen LogP contribution in [0.3, 0.4) is 0 Å². The van der Waals surface area contributed by atoms with E-state index in [-0.39, 0.29) is 25.6 Å². The standard InChI is InChI=1S/C39H79N2O7P/c1-5-7-9-11-13-15-17-19-21-23-25-27-29-31-38(42)46-35-37(36-47-49(44,45)41(4)34-33-40-3)48-39(43)32-30-28-26-24-22-20-18-16-14-12-10-8-6-2/h37,40H,5-36H2,1-4H3,(H,44,45)/t37-/m1/s1. The van der Waals surface area contributed by atoms with Gasteiger partial charge in [-0.05, 0) is 26.9 Å². The molecule has 10 heteroatoms. The molecule has 49 heavy (non-hydrogen) atoms. The van der Waals surface area contributed by atoms with Gasteiger partial charge in [-0.15, -0.1) is 0 Å². The molecule has 0 aromatic carbocycles. The predicted octanol–water partition coefficient (Wildman–Crippen LogP) is 10.7. The van der Waals surface area contributed by atoms with E-state index in [4.69, 9.17) is 14.0 Å². The minimum Gasteiger partial charge on any atom is -0.462 e.